The van der Waals surface area contributed by atoms with Crippen LogP contribution >= 0.6 is 0 Å². The van der Waals surface area contributed by atoms with Crippen molar-refractivity contribution >= 4 is 23.4 Å². The van der Waals surface area contributed by atoms with E-state index in [-0.39, 0.29) is 5.91 Å². The Labute approximate surface area is 169 Å². The first-order valence-corrected chi connectivity index (χ1v) is 9.42. The molecule has 1 fully saturated rings. The average Bonchev–Trinajstić information content (AvgIpc) is 2.80. The number of ether oxygens (including phenoxy) is 1. The highest BCUT2D eigenvalue weighted by molar-refractivity contribution is 6.03. The number of nitrogens with zero attached hydrogens (tertiary/aromatic N) is 5. The van der Waals surface area contributed by atoms with Crippen molar-refractivity contribution in [3.63, 3.8) is 0 Å². The number of pyridine rings is 1. The number of hydrogen-bond donors (Lipinski definition) is 1. The summed E-state index contributed by atoms with van der Waals surface area (Å²) >= 11 is 0. The first kappa shape index (κ1) is 18.7. The van der Waals surface area contributed by atoms with Gasteiger partial charge in [-0.05, 0) is 30.3 Å². The maximum atomic E-state index is 12.6. The second kappa shape index (κ2) is 8.55. The summed E-state index contributed by atoms with van der Waals surface area (Å²) in [6.07, 6.45) is 3.42. The standard InChI is InChI=1S/C21H22N6O2/c1-29-17-6-4-5-16(15-17)24-20(28)18-8-10-23-21(25-18)27-13-11-26(12-14-27)19-7-2-3-9-22-19/h2-10,15H,11-14H2,1H3,(H,24,28). The number of benzene rings is 1. The Kier molecular flexibility index (Phi) is 5.51. The van der Waals surface area contributed by atoms with Gasteiger partial charge in [-0.2, -0.15) is 0 Å². The van der Waals surface area contributed by atoms with Gasteiger partial charge in [-0.25, -0.2) is 15.0 Å². The number of amides is 1. The lowest BCUT2D eigenvalue weighted by Gasteiger charge is -2.35. The van der Waals surface area contributed by atoms with E-state index in [1.807, 2.05) is 30.3 Å². The molecule has 4 rings (SSSR count). The number of methoxy groups -OCH3 is 1. The number of carbonyl (C=O) groups is 1. The van der Waals surface area contributed by atoms with Gasteiger partial charge in [-0.15, -0.1) is 0 Å². The van der Waals surface area contributed by atoms with Crippen LogP contribution in [-0.4, -0.2) is 54.1 Å². The summed E-state index contributed by atoms with van der Waals surface area (Å²) in [6.45, 7) is 3.16. The molecule has 1 aliphatic heterocycles. The van der Waals surface area contributed by atoms with E-state index >= 15 is 0 Å². The van der Waals surface area contributed by atoms with Crippen molar-refractivity contribution in [3.05, 3.63) is 66.6 Å². The van der Waals surface area contributed by atoms with Crippen LogP contribution in [0, 0.1) is 0 Å². The first-order chi connectivity index (χ1) is 14.2. The van der Waals surface area contributed by atoms with E-state index < -0.39 is 0 Å². The van der Waals surface area contributed by atoms with Gasteiger partial charge in [0.2, 0.25) is 5.95 Å². The number of piperazine rings is 1. The minimum absolute atomic E-state index is 0.283. The van der Waals surface area contributed by atoms with Gasteiger partial charge < -0.3 is 19.9 Å². The molecule has 2 aromatic heterocycles. The minimum atomic E-state index is -0.283. The molecule has 3 heterocycles. The SMILES string of the molecule is COc1cccc(NC(=O)c2ccnc(N3CCN(c4ccccn4)CC3)n2)c1. The van der Waals surface area contributed by atoms with Crippen LogP contribution in [0.2, 0.25) is 0 Å². The predicted molar refractivity (Wildman–Crippen MR) is 112 cm³/mol. The Balaban J connectivity index is 1.41. The van der Waals surface area contributed by atoms with E-state index in [9.17, 15) is 4.79 Å². The van der Waals surface area contributed by atoms with Crippen molar-refractivity contribution < 1.29 is 9.53 Å². The first-order valence-electron chi connectivity index (χ1n) is 9.42. The summed E-state index contributed by atoms with van der Waals surface area (Å²) in [7, 11) is 1.59. The van der Waals surface area contributed by atoms with Crippen molar-refractivity contribution in [2.75, 3.05) is 48.4 Å². The van der Waals surface area contributed by atoms with Crippen molar-refractivity contribution in [2.45, 2.75) is 0 Å². The fourth-order valence-electron chi connectivity index (χ4n) is 3.20. The zero-order valence-electron chi connectivity index (χ0n) is 16.2. The largest absolute Gasteiger partial charge is 0.497 e. The molecule has 1 amide bonds. The topological polar surface area (TPSA) is 83.5 Å². The van der Waals surface area contributed by atoms with Crippen molar-refractivity contribution in [2.24, 2.45) is 0 Å². The van der Waals surface area contributed by atoms with Crippen LogP contribution in [0.5, 0.6) is 5.75 Å². The molecular formula is C21H22N6O2. The summed E-state index contributed by atoms with van der Waals surface area (Å²) in [5, 5.41) is 2.85. The molecule has 1 aromatic carbocycles. The van der Waals surface area contributed by atoms with Gasteiger partial charge in [-0.3, -0.25) is 4.79 Å². The van der Waals surface area contributed by atoms with Gasteiger partial charge in [0.15, 0.2) is 0 Å². The number of hydrogen-bond acceptors (Lipinski definition) is 7. The second-order valence-corrected chi connectivity index (χ2v) is 6.59. The van der Waals surface area contributed by atoms with Crippen LogP contribution in [0.1, 0.15) is 10.5 Å². The Morgan fingerprint density at radius 3 is 2.55 bits per heavy atom. The quantitative estimate of drug-likeness (QED) is 0.716. The third kappa shape index (κ3) is 4.43. The van der Waals surface area contributed by atoms with E-state index in [0.717, 1.165) is 32.0 Å². The molecule has 0 spiro atoms. The van der Waals surface area contributed by atoms with Crippen LogP contribution < -0.4 is 19.9 Å². The van der Waals surface area contributed by atoms with Gasteiger partial charge in [0.25, 0.3) is 5.91 Å². The Bertz CT molecular complexity index is 974. The normalized spacial score (nSPS) is 13.8. The Hall–Kier alpha value is -3.68. The number of aromatic nitrogens is 3. The number of anilines is 3. The maximum absolute atomic E-state index is 12.6. The summed E-state index contributed by atoms with van der Waals surface area (Å²) in [6, 6.07) is 14.7. The predicted octanol–water partition coefficient (Wildman–Crippen LogP) is 2.46. The molecule has 0 atom stereocenters. The fourth-order valence-corrected chi connectivity index (χ4v) is 3.20. The highest BCUT2D eigenvalue weighted by atomic mass is 16.5. The zero-order chi connectivity index (χ0) is 20.1. The van der Waals surface area contributed by atoms with E-state index in [1.165, 1.54) is 0 Å². The second-order valence-electron chi connectivity index (χ2n) is 6.59. The van der Waals surface area contributed by atoms with E-state index in [0.29, 0.717) is 23.1 Å². The van der Waals surface area contributed by atoms with Crippen LogP contribution in [0.25, 0.3) is 0 Å². The number of nitrogens with one attached hydrogen (secondary N) is 1. The molecule has 148 valence electrons. The van der Waals surface area contributed by atoms with Crippen molar-refractivity contribution in [3.8, 4) is 5.75 Å². The molecule has 29 heavy (non-hydrogen) atoms. The zero-order valence-corrected chi connectivity index (χ0v) is 16.2. The molecular weight excluding hydrogens is 368 g/mol. The molecule has 3 aromatic rings. The lowest BCUT2D eigenvalue weighted by atomic mass is 10.3. The smallest absolute Gasteiger partial charge is 0.274 e. The summed E-state index contributed by atoms with van der Waals surface area (Å²) in [4.78, 5) is 30.2. The molecule has 8 nitrogen and oxygen atoms in total. The number of carbonyl (C=O) groups excluding carboxylic acids is 1. The van der Waals surface area contributed by atoms with E-state index in [1.54, 1.807) is 37.7 Å². The number of rotatable bonds is 5. The van der Waals surface area contributed by atoms with Crippen molar-refractivity contribution in [1.82, 2.24) is 15.0 Å². The third-order valence-corrected chi connectivity index (χ3v) is 4.74. The van der Waals surface area contributed by atoms with Crippen LogP contribution in [0.15, 0.2) is 60.9 Å². The van der Waals surface area contributed by atoms with Crippen LogP contribution in [0.3, 0.4) is 0 Å². The summed E-state index contributed by atoms with van der Waals surface area (Å²) in [5.74, 6) is 1.93. The van der Waals surface area contributed by atoms with Gasteiger partial charge >= 0.3 is 0 Å². The lowest BCUT2D eigenvalue weighted by Crippen LogP contribution is -2.47. The van der Waals surface area contributed by atoms with Gasteiger partial charge in [-0.1, -0.05) is 12.1 Å². The monoisotopic (exact) mass is 390 g/mol. The van der Waals surface area contributed by atoms with Crippen LogP contribution in [-0.2, 0) is 0 Å². The van der Waals surface area contributed by atoms with Gasteiger partial charge in [0.1, 0.15) is 17.3 Å². The molecule has 0 bridgehead atoms. The van der Waals surface area contributed by atoms with Crippen LogP contribution in [0.4, 0.5) is 17.5 Å². The molecule has 0 unspecified atom stereocenters. The van der Waals surface area contributed by atoms with Gasteiger partial charge in [0, 0.05) is 50.3 Å². The molecule has 1 N–H and O–H groups in total. The summed E-state index contributed by atoms with van der Waals surface area (Å²) < 4.78 is 5.19. The van der Waals surface area contributed by atoms with Gasteiger partial charge in [0.05, 0.1) is 7.11 Å². The highest BCUT2D eigenvalue weighted by Gasteiger charge is 2.21. The lowest BCUT2D eigenvalue weighted by molar-refractivity contribution is 0.102. The van der Waals surface area contributed by atoms with E-state index in [4.69, 9.17) is 4.74 Å². The molecule has 1 saturated heterocycles. The summed E-state index contributed by atoms with van der Waals surface area (Å²) in [5.41, 5.74) is 0.975. The Morgan fingerprint density at radius 2 is 1.79 bits per heavy atom. The molecule has 0 saturated carbocycles. The molecule has 8 heteroatoms. The average molecular weight is 390 g/mol. The minimum Gasteiger partial charge on any atom is -0.497 e. The Morgan fingerprint density at radius 1 is 0.966 bits per heavy atom. The highest BCUT2D eigenvalue weighted by Crippen LogP contribution is 2.19. The third-order valence-electron chi connectivity index (χ3n) is 4.74. The van der Waals surface area contributed by atoms with Crippen molar-refractivity contribution in [1.29, 1.82) is 0 Å². The maximum Gasteiger partial charge on any atom is 0.274 e. The fraction of sp³-hybridized carbons (Fsp3) is 0.238. The van der Waals surface area contributed by atoms with E-state index in [2.05, 4.69) is 30.1 Å². The molecule has 1 aliphatic rings. The molecule has 0 radical (unpaired) electrons. The molecule has 0 aliphatic carbocycles.